The lowest BCUT2D eigenvalue weighted by molar-refractivity contribution is -0.394. The van der Waals surface area contributed by atoms with Gasteiger partial charge in [-0.1, -0.05) is 15.9 Å². The van der Waals surface area contributed by atoms with Gasteiger partial charge in [-0.05, 0) is 31.2 Å². The lowest BCUT2D eigenvalue weighted by Crippen LogP contribution is -1.98. The van der Waals surface area contributed by atoms with E-state index < -0.39 is 21.2 Å². The molecular formula is C17H12BrN5O5S. The first kappa shape index (κ1) is 20.4. The molecule has 1 aromatic heterocycles. The minimum Gasteiger partial charge on any atom is -0.449 e. The second kappa shape index (κ2) is 8.75. The quantitative estimate of drug-likeness (QED) is 0.278. The van der Waals surface area contributed by atoms with Crippen LogP contribution in [0.3, 0.4) is 0 Å². The first-order valence-corrected chi connectivity index (χ1v) is 9.62. The number of aromatic nitrogens is 1. The molecule has 0 aliphatic rings. The van der Waals surface area contributed by atoms with Crippen molar-refractivity contribution >= 4 is 50.0 Å². The number of benzene rings is 2. The third-order valence-corrected chi connectivity index (χ3v) is 4.88. The molecule has 12 heteroatoms. The summed E-state index contributed by atoms with van der Waals surface area (Å²) in [5, 5.41) is 28.8. The van der Waals surface area contributed by atoms with Gasteiger partial charge in [0.25, 0.3) is 5.69 Å². The van der Waals surface area contributed by atoms with E-state index in [1.807, 2.05) is 12.3 Å². The Morgan fingerprint density at radius 3 is 2.59 bits per heavy atom. The molecule has 3 aromatic rings. The minimum atomic E-state index is -0.735. The maximum atomic E-state index is 11.3. The van der Waals surface area contributed by atoms with Gasteiger partial charge in [0.2, 0.25) is 10.9 Å². The number of nitrogens with one attached hydrogen (secondary N) is 1. The largest absolute Gasteiger partial charge is 0.449 e. The maximum absolute atomic E-state index is 11.3. The molecular weight excluding hydrogens is 466 g/mol. The molecule has 2 aromatic carbocycles. The van der Waals surface area contributed by atoms with Gasteiger partial charge in [-0.25, -0.2) is 4.98 Å². The Kier molecular flexibility index (Phi) is 6.14. The van der Waals surface area contributed by atoms with Crippen LogP contribution in [0, 0.1) is 27.2 Å². The standard InChI is InChI=1S/C17H12BrN5O5S/c1-10-9-29-17(20-10)21-19-8-11-6-12(18)2-4-15(11)28-16-5-3-13(22(24)25)7-14(16)23(26)27/h2-9H,1H3,(H,20,21). The molecule has 0 aliphatic carbocycles. The van der Waals surface area contributed by atoms with E-state index >= 15 is 0 Å². The van der Waals surface area contributed by atoms with Crippen molar-refractivity contribution in [3.8, 4) is 11.5 Å². The summed E-state index contributed by atoms with van der Waals surface area (Å²) in [5.74, 6) is 0.159. The summed E-state index contributed by atoms with van der Waals surface area (Å²) in [7, 11) is 0. The normalized spacial score (nSPS) is 10.8. The van der Waals surface area contributed by atoms with Crippen LogP contribution < -0.4 is 10.2 Å². The van der Waals surface area contributed by atoms with Crippen molar-refractivity contribution in [3.63, 3.8) is 0 Å². The van der Waals surface area contributed by atoms with Crippen LogP contribution in [0.25, 0.3) is 0 Å². The van der Waals surface area contributed by atoms with E-state index in [0.717, 1.165) is 22.3 Å². The highest BCUT2D eigenvalue weighted by atomic mass is 79.9. The van der Waals surface area contributed by atoms with Gasteiger partial charge >= 0.3 is 5.69 Å². The van der Waals surface area contributed by atoms with E-state index in [0.29, 0.717) is 10.7 Å². The number of nitro groups is 2. The third kappa shape index (κ3) is 5.12. The predicted octanol–water partition coefficient (Wildman–Crippen LogP) is 5.27. The Morgan fingerprint density at radius 1 is 1.17 bits per heavy atom. The summed E-state index contributed by atoms with van der Waals surface area (Å²) >= 11 is 4.75. The van der Waals surface area contributed by atoms with Gasteiger partial charge < -0.3 is 4.74 Å². The molecule has 0 amide bonds. The first-order valence-electron chi connectivity index (χ1n) is 7.95. The second-order valence-electron chi connectivity index (χ2n) is 5.61. The summed E-state index contributed by atoms with van der Waals surface area (Å²) in [6.07, 6.45) is 1.48. The number of nitro benzene ring substituents is 2. The highest BCUT2D eigenvalue weighted by Gasteiger charge is 2.21. The Hall–Kier alpha value is -3.38. The highest BCUT2D eigenvalue weighted by molar-refractivity contribution is 9.10. The Morgan fingerprint density at radius 2 is 1.93 bits per heavy atom. The number of hydrogen-bond donors (Lipinski definition) is 1. The molecule has 0 spiro atoms. The lowest BCUT2D eigenvalue weighted by Gasteiger charge is -2.09. The SMILES string of the molecule is Cc1csc(NN=Cc2cc(Br)ccc2Oc2ccc([N+](=O)[O-])cc2[N+](=O)[O-])n1. The third-order valence-electron chi connectivity index (χ3n) is 3.52. The van der Waals surface area contributed by atoms with Gasteiger partial charge in [-0.3, -0.25) is 25.7 Å². The van der Waals surface area contributed by atoms with E-state index in [-0.39, 0.29) is 11.5 Å². The van der Waals surface area contributed by atoms with Crippen molar-refractivity contribution in [1.29, 1.82) is 0 Å². The van der Waals surface area contributed by atoms with Crippen LogP contribution in [0.4, 0.5) is 16.5 Å². The fourth-order valence-corrected chi connectivity index (χ4v) is 3.26. The summed E-state index contributed by atoms with van der Waals surface area (Å²) in [6, 6.07) is 8.20. The van der Waals surface area contributed by atoms with Crippen molar-refractivity contribution < 1.29 is 14.6 Å². The Bertz CT molecular complexity index is 1120. The fraction of sp³-hybridized carbons (Fsp3) is 0.0588. The van der Waals surface area contributed by atoms with Gasteiger partial charge in [0.15, 0.2) is 0 Å². The molecule has 0 fully saturated rings. The van der Waals surface area contributed by atoms with Crippen molar-refractivity contribution in [2.75, 3.05) is 5.43 Å². The second-order valence-corrected chi connectivity index (χ2v) is 7.39. The number of thiazole rings is 1. The lowest BCUT2D eigenvalue weighted by atomic mass is 10.2. The summed E-state index contributed by atoms with van der Waals surface area (Å²) in [5.41, 5.74) is 3.27. The van der Waals surface area contributed by atoms with E-state index in [4.69, 9.17) is 4.74 Å². The topological polar surface area (TPSA) is 133 Å². The summed E-state index contributed by atoms with van der Waals surface area (Å²) < 4.78 is 6.43. The van der Waals surface area contributed by atoms with Crippen LogP contribution in [-0.2, 0) is 0 Å². The Labute approximate surface area is 176 Å². The number of aryl methyl sites for hydroxylation is 1. The van der Waals surface area contributed by atoms with Crippen LogP contribution in [0.5, 0.6) is 11.5 Å². The Balaban J connectivity index is 1.89. The average molecular weight is 478 g/mol. The van der Waals surface area contributed by atoms with Crippen molar-refractivity contribution in [2.45, 2.75) is 6.92 Å². The smallest absolute Gasteiger partial charge is 0.318 e. The van der Waals surface area contributed by atoms with E-state index in [1.165, 1.54) is 23.6 Å². The van der Waals surface area contributed by atoms with Crippen molar-refractivity contribution in [1.82, 2.24) is 4.98 Å². The van der Waals surface area contributed by atoms with Crippen LogP contribution in [0.1, 0.15) is 11.3 Å². The number of halogens is 1. The van der Waals surface area contributed by atoms with Gasteiger partial charge in [-0.2, -0.15) is 5.10 Å². The first-order chi connectivity index (χ1) is 13.8. The predicted molar refractivity (Wildman–Crippen MR) is 112 cm³/mol. The molecule has 29 heavy (non-hydrogen) atoms. The molecule has 0 atom stereocenters. The number of ether oxygens (including phenoxy) is 1. The van der Waals surface area contributed by atoms with Crippen LogP contribution in [0.2, 0.25) is 0 Å². The van der Waals surface area contributed by atoms with E-state index in [1.54, 1.807) is 18.2 Å². The molecule has 0 saturated heterocycles. The zero-order valence-electron chi connectivity index (χ0n) is 14.7. The average Bonchev–Trinajstić information content (AvgIpc) is 3.09. The summed E-state index contributed by atoms with van der Waals surface area (Å²) in [4.78, 5) is 25.0. The van der Waals surface area contributed by atoms with Gasteiger partial charge in [0.05, 0.1) is 27.8 Å². The monoisotopic (exact) mass is 477 g/mol. The van der Waals surface area contributed by atoms with Crippen molar-refractivity contribution in [2.24, 2.45) is 5.10 Å². The molecule has 0 bridgehead atoms. The van der Waals surface area contributed by atoms with Crippen LogP contribution in [0.15, 0.2) is 51.4 Å². The van der Waals surface area contributed by atoms with E-state index in [9.17, 15) is 20.2 Å². The van der Waals surface area contributed by atoms with Gasteiger partial charge in [0.1, 0.15) is 5.75 Å². The van der Waals surface area contributed by atoms with Crippen LogP contribution >= 0.6 is 27.3 Å². The zero-order valence-corrected chi connectivity index (χ0v) is 17.1. The summed E-state index contributed by atoms with van der Waals surface area (Å²) in [6.45, 7) is 1.86. The molecule has 0 saturated carbocycles. The molecule has 148 valence electrons. The fourth-order valence-electron chi connectivity index (χ4n) is 2.24. The molecule has 1 heterocycles. The van der Waals surface area contributed by atoms with E-state index in [2.05, 4.69) is 31.4 Å². The molecule has 3 rings (SSSR count). The zero-order chi connectivity index (χ0) is 21.0. The number of nitrogens with zero attached hydrogens (tertiary/aromatic N) is 4. The number of rotatable bonds is 7. The van der Waals surface area contributed by atoms with Crippen molar-refractivity contribution in [3.05, 3.63) is 77.7 Å². The minimum absolute atomic E-state index is 0.124. The highest BCUT2D eigenvalue weighted by Crippen LogP contribution is 2.36. The number of hydrogen-bond acceptors (Lipinski definition) is 9. The number of anilines is 1. The van der Waals surface area contributed by atoms with Crippen LogP contribution in [-0.4, -0.2) is 21.0 Å². The molecule has 1 N–H and O–H groups in total. The molecule has 0 radical (unpaired) electrons. The maximum Gasteiger partial charge on any atom is 0.318 e. The van der Waals surface area contributed by atoms with Gasteiger partial charge in [0, 0.05) is 21.5 Å². The number of non-ortho nitro benzene ring substituents is 1. The van der Waals surface area contributed by atoms with Gasteiger partial charge in [-0.15, -0.1) is 11.3 Å². The molecule has 10 nitrogen and oxygen atoms in total. The molecule has 0 aliphatic heterocycles. The molecule has 0 unspecified atom stereocenters. The number of hydrazone groups is 1.